The van der Waals surface area contributed by atoms with Crippen LogP contribution in [0.3, 0.4) is 0 Å². The van der Waals surface area contributed by atoms with Gasteiger partial charge >= 0.3 is 5.97 Å². The molecule has 2 heterocycles. The van der Waals surface area contributed by atoms with E-state index < -0.39 is 17.2 Å². The number of carbonyl (C=O) groups excluding carboxylic acids is 1. The monoisotopic (exact) mass is 463 g/mol. The smallest absolute Gasteiger partial charge is 0.341 e. The van der Waals surface area contributed by atoms with Gasteiger partial charge in [-0.05, 0) is 31.9 Å². The number of anilines is 1. The van der Waals surface area contributed by atoms with E-state index in [-0.39, 0.29) is 22.8 Å². The van der Waals surface area contributed by atoms with Gasteiger partial charge in [0.2, 0.25) is 5.43 Å². The summed E-state index contributed by atoms with van der Waals surface area (Å²) in [5.41, 5.74) is 1.75. The first-order chi connectivity index (χ1) is 16.3. The highest BCUT2D eigenvalue weighted by Crippen LogP contribution is 2.38. The lowest BCUT2D eigenvalue weighted by Gasteiger charge is -2.36. The summed E-state index contributed by atoms with van der Waals surface area (Å²) < 4.78 is 16.9. The number of fused-ring (bicyclic) bond motifs is 1. The molecule has 1 aromatic heterocycles. The first-order valence-corrected chi connectivity index (χ1v) is 11.5. The first-order valence-electron chi connectivity index (χ1n) is 11.5. The van der Waals surface area contributed by atoms with Crippen molar-refractivity contribution in [3.8, 4) is 0 Å². The summed E-state index contributed by atoms with van der Waals surface area (Å²) in [6.07, 6.45) is 3.19. The second-order valence-electron chi connectivity index (χ2n) is 9.19. The Morgan fingerprint density at radius 1 is 1.06 bits per heavy atom. The molecule has 1 saturated carbocycles. The third-order valence-corrected chi connectivity index (χ3v) is 6.73. The highest BCUT2D eigenvalue weighted by molar-refractivity contribution is 5.97. The van der Waals surface area contributed by atoms with E-state index in [1.165, 1.54) is 12.3 Å². The van der Waals surface area contributed by atoms with Crippen LogP contribution in [0.5, 0.6) is 0 Å². The minimum atomic E-state index is -1.30. The van der Waals surface area contributed by atoms with Crippen molar-refractivity contribution in [3.63, 3.8) is 0 Å². The van der Waals surface area contributed by atoms with Gasteiger partial charge in [-0.1, -0.05) is 29.8 Å². The molecule has 2 fully saturated rings. The van der Waals surface area contributed by atoms with Crippen LogP contribution in [-0.2, 0) is 0 Å². The van der Waals surface area contributed by atoms with Gasteiger partial charge in [-0.3, -0.25) is 14.5 Å². The number of aromatic nitrogens is 1. The van der Waals surface area contributed by atoms with Gasteiger partial charge in [0.15, 0.2) is 5.78 Å². The van der Waals surface area contributed by atoms with Crippen LogP contribution in [0, 0.1) is 12.7 Å². The molecule has 3 aromatic rings. The SMILES string of the molecule is Cc1ccc(C(=O)CN2CCN(c3cc4c(cc3F)c(=O)c(C(=O)O)cn4C3CC3)CC2)cc1. The summed E-state index contributed by atoms with van der Waals surface area (Å²) in [5.74, 6) is -1.78. The quantitative estimate of drug-likeness (QED) is 0.564. The predicted octanol–water partition coefficient (Wildman–Crippen LogP) is 3.49. The summed E-state index contributed by atoms with van der Waals surface area (Å²) in [7, 11) is 0. The van der Waals surface area contributed by atoms with Gasteiger partial charge in [-0.2, -0.15) is 0 Å². The molecule has 0 radical (unpaired) electrons. The van der Waals surface area contributed by atoms with Crippen molar-refractivity contribution in [1.82, 2.24) is 9.47 Å². The number of pyridine rings is 1. The van der Waals surface area contributed by atoms with Gasteiger partial charge < -0.3 is 14.6 Å². The Morgan fingerprint density at radius 2 is 1.74 bits per heavy atom. The molecule has 1 aliphatic carbocycles. The van der Waals surface area contributed by atoms with E-state index in [0.717, 1.165) is 18.4 Å². The average molecular weight is 464 g/mol. The fraction of sp³-hybridized carbons (Fsp3) is 0.346. The second kappa shape index (κ2) is 8.68. The molecule has 8 heteroatoms. The molecule has 7 nitrogen and oxygen atoms in total. The molecule has 2 aliphatic rings. The number of Topliss-reactive ketones (excluding diaryl/α,β-unsaturated/α-hetero) is 1. The van der Waals surface area contributed by atoms with E-state index in [9.17, 15) is 19.5 Å². The molecule has 176 valence electrons. The van der Waals surface area contributed by atoms with Crippen LogP contribution < -0.4 is 10.3 Å². The number of carboxylic acids is 1. The Bertz CT molecular complexity index is 1340. The van der Waals surface area contributed by atoms with Crippen molar-refractivity contribution in [2.24, 2.45) is 0 Å². The Kier molecular flexibility index (Phi) is 5.69. The third kappa shape index (κ3) is 4.21. The zero-order chi connectivity index (χ0) is 24.0. The molecule has 0 amide bonds. The molecule has 2 aromatic carbocycles. The Labute approximate surface area is 196 Å². The minimum absolute atomic E-state index is 0.0630. The number of aromatic carboxylic acids is 1. The Balaban J connectivity index is 1.36. The summed E-state index contributed by atoms with van der Waals surface area (Å²) in [6, 6.07) is 10.5. The number of benzene rings is 2. The molecule has 1 aliphatic heterocycles. The first kappa shape index (κ1) is 22.3. The van der Waals surface area contributed by atoms with Gasteiger partial charge in [-0.25, -0.2) is 9.18 Å². The zero-order valence-corrected chi connectivity index (χ0v) is 19.0. The van der Waals surface area contributed by atoms with E-state index in [2.05, 4.69) is 4.90 Å². The Morgan fingerprint density at radius 3 is 2.35 bits per heavy atom. The fourth-order valence-electron chi connectivity index (χ4n) is 4.59. The molecular formula is C26H26FN3O4. The number of hydrogen-bond acceptors (Lipinski definition) is 5. The topological polar surface area (TPSA) is 82.8 Å². The van der Waals surface area contributed by atoms with Crippen molar-refractivity contribution in [3.05, 3.63) is 75.3 Å². The van der Waals surface area contributed by atoms with Crippen LogP contribution in [0.1, 0.15) is 45.2 Å². The highest BCUT2D eigenvalue weighted by atomic mass is 19.1. The molecule has 0 bridgehead atoms. The zero-order valence-electron chi connectivity index (χ0n) is 19.0. The van der Waals surface area contributed by atoms with Crippen LogP contribution in [0.15, 0.2) is 47.4 Å². The minimum Gasteiger partial charge on any atom is -0.477 e. The number of carbonyl (C=O) groups is 2. The summed E-state index contributed by atoms with van der Waals surface area (Å²) in [5, 5.41) is 9.50. The van der Waals surface area contributed by atoms with Crippen LogP contribution in [-0.4, -0.2) is 59.0 Å². The molecule has 0 atom stereocenters. The molecule has 1 saturated heterocycles. The van der Waals surface area contributed by atoms with E-state index >= 15 is 4.39 Å². The van der Waals surface area contributed by atoms with Crippen molar-refractivity contribution >= 4 is 28.3 Å². The van der Waals surface area contributed by atoms with Crippen LogP contribution >= 0.6 is 0 Å². The molecule has 0 spiro atoms. The molecule has 34 heavy (non-hydrogen) atoms. The van der Waals surface area contributed by atoms with E-state index in [1.54, 1.807) is 10.6 Å². The summed E-state index contributed by atoms with van der Waals surface area (Å²) in [4.78, 5) is 40.8. The molecule has 1 N–H and O–H groups in total. The maximum absolute atomic E-state index is 15.1. The number of rotatable bonds is 6. The second-order valence-corrected chi connectivity index (χ2v) is 9.19. The van der Waals surface area contributed by atoms with Gasteiger partial charge in [-0.15, -0.1) is 0 Å². The lowest BCUT2D eigenvalue weighted by atomic mass is 10.1. The number of halogens is 1. The van der Waals surface area contributed by atoms with Gasteiger partial charge in [0.25, 0.3) is 0 Å². The van der Waals surface area contributed by atoms with E-state index in [0.29, 0.717) is 49.5 Å². The summed E-state index contributed by atoms with van der Waals surface area (Å²) in [6.45, 7) is 4.62. The van der Waals surface area contributed by atoms with Gasteiger partial charge in [0.05, 0.1) is 17.7 Å². The number of hydrogen-bond donors (Lipinski definition) is 1. The number of nitrogens with zero attached hydrogens (tertiary/aromatic N) is 3. The van der Waals surface area contributed by atoms with E-state index in [4.69, 9.17) is 0 Å². The lowest BCUT2D eigenvalue weighted by molar-refractivity contribution is 0.0694. The maximum Gasteiger partial charge on any atom is 0.341 e. The van der Waals surface area contributed by atoms with Gasteiger partial charge in [0.1, 0.15) is 11.4 Å². The molecule has 0 unspecified atom stereocenters. The summed E-state index contributed by atoms with van der Waals surface area (Å²) >= 11 is 0. The average Bonchev–Trinajstić information content (AvgIpc) is 3.65. The Hall–Kier alpha value is -3.52. The maximum atomic E-state index is 15.1. The molecule has 5 rings (SSSR count). The van der Waals surface area contributed by atoms with Crippen molar-refractivity contribution in [2.75, 3.05) is 37.6 Å². The number of piperazine rings is 1. The standard InChI is InChI=1S/C26H26FN3O4/c1-16-2-4-17(5-3-16)24(31)15-28-8-10-29(11-9-28)23-13-22-19(12-21(23)27)25(32)20(26(33)34)14-30(22)18-6-7-18/h2-5,12-14,18H,6-11,15H2,1H3,(H,33,34). The number of aryl methyl sites for hydroxylation is 1. The highest BCUT2D eigenvalue weighted by Gasteiger charge is 2.28. The third-order valence-electron chi connectivity index (χ3n) is 6.73. The van der Waals surface area contributed by atoms with Gasteiger partial charge in [0, 0.05) is 49.4 Å². The largest absolute Gasteiger partial charge is 0.477 e. The lowest BCUT2D eigenvalue weighted by Crippen LogP contribution is -2.48. The van der Waals surface area contributed by atoms with Crippen LogP contribution in [0.2, 0.25) is 0 Å². The predicted molar refractivity (Wildman–Crippen MR) is 128 cm³/mol. The fourth-order valence-corrected chi connectivity index (χ4v) is 4.59. The van der Waals surface area contributed by atoms with E-state index in [1.807, 2.05) is 36.1 Å². The number of ketones is 1. The molecular weight excluding hydrogens is 437 g/mol. The van der Waals surface area contributed by atoms with Crippen molar-refractivity contribution < 1.29 is 19.1 Å². The van der Waals surface area contributed by atoms with Crippen molar-refractivity contribution in [2.45, 2.75) is 25.8 Å². The van der Waals surface area contributed by atoms with Crippen LogP contribution in [0.4, 0.5) is 10.1 Å². The van der Waals surface area contributed by atoms with Crippen LogP contribution in [0.25, 0.3) is 10.9 Å². The van der Waals surface area contributed by atoms with Crippen molar-refractivity contribution in [1.29, 1.82) is 0 Å². The normalized spacial score (nSPS) is 16.7. The number of carboxylic acid groups (broad SMARTS) is 1.